The number of ether oxygens (including phenoxy) is 1. The fourth-order valence-electron chi connectivity index (χ4n) is 1.89. The van der Waals surface area contributed by atoms with Crippen molar-refractivity contribution in [1.29, 1.82) is 0 Å². The fraction of sp³-hybridized carbons (Fsp3) is 0.769. The molecule has 1 fully saturated rings. The topological polar surface area (TPSA) is 26.3 Å². The maximum absolute atomic E-state index is 11.4. The molecule has 0 heterocycles. The lowest BCUT2D eigenvalue weighted by atomic mass is 10.1. The van der Waals surface area contributed by atoms with Crippen molar-refractivity contribution in [2.45, 2.75) is 58.5 Å². The van der Waals surface area contributed by atoms with E-state index in [1.54, 1.807) is 0 Å². The molecule has 0 aromatic rings. The Morgan fingerprint density at radius 3 is 2.47 bits per heavy atom. The van der Waals surface area contributed by atoms with Crippen LogP contribution in [0, 0.1) is 5.92 Å². The highest BCUT2D eigenvalue weighted by Gasteiger charge is 2.15. The van der Waals surface area contributed by atoms with Gasteiger partial charge in [0, 0.05) is 0 Å². The van der Waals surface area contributed by atoms with Crippen LogP contribution in [0.3, 0.4) is 0 Å². The third-order valence-corrected chi connectivity index (χ3v) is 2.51. The molecule has 0 radical (unpaired) electrons. The van der Waals surface area contributed by atoms with Crippen LogP contribution in [0.5, 0.6) is 0 Å². The van der Waals surface area contributed by atoms with Crippen LogP contribution in [0.15, 0.2) is 12.2 Å². The summed E-state index contributed by atoms with van der Waals surface area (Å²) in [7, 11) is 0. The van der Waals surface area contributed by atoms with Gasteiger partial charge in [-0.25, -0.2) is 0 Å². The largest absolute Gasteiger partial charge is 0.460 e. The number of esters is 1. The molecule has 1 saturated carbocycles. The summed E-state index contributed by atoms with van der Waals surface area (Å²) in [6.07, 6.45) is 9.78. The first-order valence-corrected chi connectivity index (χ1v) is 5.86. The van der Waals surface area contributed by atoms with E-state index in [0.717, 1.165) is 0 Å². The van der Waals surface area contributed by atoms with Crippen LogP contribution in [-0.4, -0.2) is 11.6 Å². The average molecular weight is 210 g/mol. The zero-order valence-corrected chi connectivity index (χ0v) is 10.1. The van der Waals surface area contributed by atoms with Gasteiger partial charge in [-0.15, -0.1) is 0 Å². The van der Waals surface area contributed by atoms with Crippen LogP contribution >= 0.6 is 0 Å². The van der Waals surface area contributed by atoms with E-state index < -0.39 is 0 Å². The minimum absolute atomic E-state index is 0.128. The molecular weight excluding hydrogens is 188 g/mol. The Morgan fingerprint density at radius 1 is 1.33 bits per heavy atom. The van der Waals surface area contributed by atoms with Crippen molar-refractivity contribution in [3.63, 3.8) is 0 Å². The number of rotatable bonds is 3. The third-order valence-electron chi connectivity index (χ3n) is 2.51. The SMILES string of the molecule is CC(C)(C)OC(=O)C/C=C/C1CCCC1. The van der Waals surface area contributed by atoms with E-state index in [1.165, 1.54) is 25.7 Å². The molecule has 1 aliphatic rings. The van der Waals surface area contributed by atoms with Crippen molar-refractivity contribution in [2.24, 2.45) is 5.92 Å². The van der Waals surface area contributed by atoms with E-state index in [0.29, 0.717) is 12.3 Å². The van der Waals surface area contributed by atoms with Crippen molar-refractivity contribution in [3.8, 4) is 0 Å². The fourth-order valence-corrected chi connectivity index (χ4v) is 1.89. The summed E-state index contributed by atoms with van der Waals surface area (Å²) in [5, 5.41) is 0. The first kappa shape index (κ1) is 12.3. The van der Waals surface area contributed by atoms with Gasteiger partial charge in [0.2, 0.25) is 0 Å². The quantitative estimate of drug-likeness (QED) is 0.526. The van der Waals surface area contributed by atoms with E-state index in [2.05, 4.69) is 6.08 Å². The molecule has 0 N–H and O–H groups in total. The Bertz CT molecular complexity index is 229. The van der Waals surface area contributed by atoms with Gasteiger partial charge in [0.15, 0.2) is 0 Å². The molecule has 2 nitrogen and oxygen atoms in total. The molecule has 0 bridgehead atoms. The van der Waals surface area contributed by atoms with Crippen LogP contribution in [-0.2, 0) is 9.53 Å². The second-order valence-corrected chi connectivity index (χ2v) is 5.26. The zero-order chi connectivity index (χ0) is 11.3. The monoisotopic (exact) mass is 210 g/mol. The summed E-state index contributed by atoms with van der Waals surface area (Å²) in [5.74, 6) is 0.573. The first-order valence-electron chi connectivity index (χ1n) is 5.86. The Balaban J connectivity index is 2.21. The van der Waals surface area contributed by atoms with Gasteiger partial charge >= 0.3 is 5.97 Å². The summed E-state index contributed by atoms with van der Waals surface area (Å²) in [5.41, 5.74) is -0.363. The molecule has 1 rings (SSSR count). The number of carbonyl (C=O) groups excluding carboxylic acids is 1. The molecule has 0 saturated heterocycles. The summed E-state index contributed by atoms with van der Waals surface area (Å²) in [6.45, 7) is 5.68. The van der Waals surface area contributed by atoms with Crippen LogP contribution < -0.4 is 0 Å². The molecule has 0 unspecified atom stereocenters. The van der Waals surface area contributed by atoms with Crippen LogP contribution in [0.25, 0.3) is 0 Å². The van der Waals surface area contributed by atoms with Crippen molar-refractivity contribution < 1.29 is 9.53 Å². The summed E-state index contributed by atoms with van der Waals surface area (Å²) >= 11 is 0. The van der Waals surface area contributed by atoms with Gasteiger partial charge in [-0.1, -0.05) is 25.0 Å². The highest BCUT2D eigenvalue weighted by atomic mass is 16.6. The number of carbonyl (C=O) groups is 1. The van der Waals surface area contributed by atoms with E-state index in [9.17, 15) is 4.79 Å². The minimum Gasteiger partial charge on any atom is -0.460 e. The molecule has 0 aliphatic heterocycles. The van der Waals surface area contributed by atoms with Gasteiger partial charge in [-0.3, -0.25) is 4.79 Å². The average Bonchev–Trinajstić information content (AvgIpc) is 2.53. The molecule has 2 heteroatoms. The Labute approximate surface area is 92.7 Å². The highest BCUT2D eigenvalue weighted by molar-refractivity contribution is 5.71. The van der Waals surface area contributed by atoms with Gasteiger partial charge < -0.3 is 4.74 Å². The maximum atomic E-state index is 11.4. The maximum Gasteiger partial charge on any atom is 0.310 e. The van der Waals surface area contributed by atoms with Crippen LogP contribution in [0.2, 0.25) is 0 Å². The molecule has 0 amide bonds. The second-order valence-electron chi connectivity index (χ2n) is 5.26. The molecule has 0 spiro atoms. The van der Waals surface area contributed by atoms with Crippen LogP contribution in [0.1, 0.15) is 52.9 Å². The number of allylic oxidation sites excluding steroid dienone is 1. The van der Waals surface area contributed by atoms with Gasteiger partial charge in [0.05, 0.1) is 6.42 Å². The number of hydrogen-bond acceptors (Lipinski definition) is 2. The van der Waals surface area contributed by atoms with E-state index in [4.69, 9.17) is 4.74 Å². The Morgan fingerprint density at radius 2 is 1.93 bits per heavy atom. The van der Waals surface area contributed by atoms with Gasteiger partial charge in [0.25, 0.3) is 0 Å². The predicted octanol–water partition coefficient (Wildman–Crippen LogP) is 3.46. The third kappa shape index (κ3) is 5.60. The Hall–Kier alpha value is -0.790. The van der Waals surface area contributed by atoms with E-state index in [1.807, 2.05) is 26.8 Å². The molecule has 0 aromatic carbocycles. The lowest BCUT2D eigenvalue weighted by molar-refractivity contribution is -0.153. The molecular formula is C13H22O2. The van der Waals surface area contributed by atoms with Crippen molar-refractivity contribution in [2.75, 3.05) is 0 Å². The summed E-state index contributed by atoms with van der Waals surface area (Å²) in [4.78, 5) is 11.4. The molecule has 0 atom stereocenters. The van der Waals surface area contributed by atoms with Gasteiger partial charge in [-0.05, 0) is 39.5 Å². The van der Waals surface area contributed by atoms with Gasteiger partial charge in [-0.2, -0.15) is 0 Å². The van der Waals surface area contributed by atoms with E-state index in [-0.39, 0.29) is 11.6 Å². The molecule has 0 aromatic heterocycles. The molecule has 15 heavy (non-hydrogen) atoms. The van der Waals surface area contributed by atoms with Crippen molar-refractivity contribution >= 4 is 5.97 Å². The van der Waals surface area contributed by atoms with Gasteiger partial charge in [0.1, 0.15) is 5.60 Å². The normalized spacial score (nSPS) is 18.6. The van der Waals surface area contributed by atoms with Crippen molar-refractivity contribution in [1.82, 2.24) is 0 Å². The first-order chi connectivity index (χ1) is 6.97. The lowest BCUT2D eigenvalue weighted by Crippen LogP contribution is -2.23. The van der Waals surface area contributed by atoms with Crippen LogP contribution in [0.4, 0.5) is 0 Å². The predicted molar refractivity (Wildman–Crippen MR) is 61.6 cm³/mol. The van der Waals surface area contributed by atoms with Crippen molar-refractivity contribution in [3.05, 3.63) is 12.2 Å². The zero-order valence-electron chi connectivity index (χ0n) is 10.1. The highest BCUT2D eigenvalue weighted by Crippen LogP contribution is 2.25. The molecule has 1 aliphatic carbocycles. The summed E-state index contributed by atoms with van der Waals surface area (Å²) in [6, 6.07) is 0. The summed E-state index contributed by atoms with van der Waals surface area (Å²) < 4.78 is 5.21. The molecule has 86 valence electrons. The minimum atomic E-state index is -0.363. The number of hydrogen-bond donors (Lipinski definition) is 0. The second kappa shape index (κ2) is 5.34. The van der Waals surface area contributed by atoms with E-state index >= 15 is 0 Å². The lowest BCUT2D eigenvalue weighted by Gasteiger charge is -2.18. The Kier molecular flexibility index (Phi) is 4.37. The smallest absolute Gasteiger partial charge is 0.310 e. The standard InChI is InChI=1S/C13H22O2/c1-13(2,3)15-12(14)10-6-9-11-7-4-5-8-11/h6,9,11H,4-5,7-8,10H2,1-3H3/b9-6+.